The number of carbonyl (C=O) groups is 1. The van der Waals surface area contributed by atoms with Crippen LogP contribution in [0, 0.1) is 5.41 Å². The van der Waals surface area contributed by atoms with Crippen molar-refractivity contribution in [2.75, 3.05) is 0 Å². The molecule has 7 heteroatoms. The van der Waals surface area contributed by atoms with Crippen LogP contribution < -0.4 is 10.2 Å². The van der Waals surface area contributed by atoms with Gasteiger partial charge in [0.15, 0.2) is 0 Å². The number of hydrogen-bond acceptors (Lipinski definition) is 4. The number of benzene rings is 3. The van der Waals surface area contributed by atoms with Crippen molar-refractivity contribution in [3.8, 4) is 16.9 Å². The normalized spacial score (nSPS) is 12.3. The Hall–Kier alpha value is -3.61. The number of ether oxygens (including phenoxy) is 1. The average Bonchev–Trinajstić information content (AvgIpc) is 2.72. The molecule has 0 atom stereocenters. The topological polar surface area (TPSA) is 56.5 Å². The van der Waals surface area contributed by atoms with Gasteiger partial charge in [0, 0.05) is 6.07 Å². The minimum absolute atomic E-state index is 0.00777. The fourth-order valence-electron chi connectivity index (χ4n) is 3.38. The number of fused-ring (bicyclic) bond motifs is 2. The zero-order valence-corrected chi connectivity index (χ0v) is 17.5. The molecule has 1 aromatic heterocycles. The molecule has 4 nitrogen and oxygen atoms in total. The summed E-state index contributed by atoms with van der Waals surface area (Å²) in [6.45, 7) is 4.94. The first-order chi connectivity index (χ1) is 15.0. The molecule has 0 aliphatic heterocycles. The number of hydrogen-bond donors (Lipinski definition) is 0. The Kier molecular flexibility index (Phi) is 5.07. The molecule has 0 amide bonds. The second-order valence-electron chi connectivity index (χ2n) is 8.46. The molecule has 32 heavy (non-hydrogen) atoms. The molecule has 164 valence electrons. The van der Waals surface area contributed by atoms with Gasteiger partial charge >= 0.3 is 12.1 Å². The van der Waals surface area contributed by atoms with E-state index in [1.165, 1.54) is 18.2 Å². The third-order valence-corrected chi connectivity index (χ3v) is 5.00. The minimum Gasteiger partial charge on any atom is -0.450 e. The molecule has 0 saturated heterocycles. The van der Waals surface area contributed by atoms with Crippen molar-refractivity contribution in [3.63, 3.8) is 0 Å². The second kappa shape index (κ2) is 7.51. The van der Waals surface area contributed by atoms with Gasteiger partial charge < -0.3 is 9.15 Å². The molecule has 0 fully saturated rings. The molecule has 0 aliphatic carbocycles. The quantitative estimate of drug-likeness (QED) is 0.261. The Labute approximate surface area is 181 Å². The van der Waals surface area contributed by atoms with Crippen LogP contribution in [0.1, 0.15) is 26.5 Å². The van der Waals surface area contributed by atoms with Gasteiger partial charge in [-0.3, -0.25) is 9.59 Å². The van der Waals surface area contributed by atoms with E-state index in [0.29, 0.717) is 10.8 Å². The van der Waals surface area contributed by atoms with Gasteiger partial charge in [0.2, 0.25) is 11.2 Å². The van der Waals surface area contributed by atoms with Gasteiger partial charge in [0.1, 0.15) is 11.3 Å². The van der Waals surface area contributed by atoms with Crippen molar-refractivity contribution in [1.29, 1.82) is 0 Å². The molecule has 3 aromatic carbocycles. The van der Waals surface area contributed by atoms with Crippen LogP contribution in [0.2, 0.25) is 0 Å². The highest BCUT2D eigenvalue weighted by atomic mass is 19.4. The summed E-state index contributed by atoms with van der Waals surface area (Å²) in [7, 11) is 0. The monoisotopic (exact) mass is 440 g/mol. The minimum atomic E-state index is -4.92. The zero-order valence-electron chi connectivity index (χ0n) is 17.5. The first-order valence-corrected chi connectivity index (χ1v) is 9.85. The fraction of sp³-hybridized carbons (Fsp3) is 0.200. The van der Waals surface area contributed by atoms with Crippen LogP contribution in [0.5, 0.6) is 5.75 Å². The third kappa shape index (κ3) is 3.86. The Balaban J connectivity index is 1.98. The Morgan fingerprint density at radius 1 is 0.906 bits per heavy atom. The van der Waals surface area contributed by atoms with Gasteiger partial charge in [-0.25, -0.2) is 0 Å². The molecule has 0 bridgehead atoms. The number of halogens is 3. The smallest absolute Gasteiger partial charge is 0.450 e. The van der Waals surface area contributed by atoms with Crippen molar-refractivity contribution in [2.45, 2.75) is 26.9 Å². The lowest BCUT2D eigenvalue weighted by molar-refractivity contribution is -0.152. The highest BCUT2D eigenvalue weighted by molar-refractivity contribution is 5.98. The summed E-state index contributed by atoms with van der Waals surface area (Å²) in [6.07, 6.45) is -4.92. The maximum atomic E-state index is 14.0. The van der Waals surface area contributed by atoms with Crippen LogP contribution in [0.15, 0.2) is 69.9 Å². The molecule has 0 radical (unpaired) electrons. The summed E-state index contributed by atoms with van der Waals surface area (Å²) in [5, 5.41) is 1.15. The van der Waals surface area contributed by atoms with Crippen molar-refractivity contribution >= 4 is 27.7 Å². The molecule has 1 heterocycles. The van der Waals surface area contributed by atoms with Crippen molar-refractivity contribution < 1.29 is 27.1 Å². The number of esters is 1. The molecule has 0 N–H and O–H groups in total. The van der Waals surface area contributed by atoms with E-state index in [-0.39, 0.29) is 22.3 Å². The lowest BCUT2D eigenvalue weighted by Gasteiger charge is -2.17. The first-order valence-electron chi connectivity index (χ1n) is 9.85. The maximum absolute atomic E-state index is 14.0. The summed E-state index contributed by atoms with van der Waals surface area (Å²) in [4.78, 5) is 25.4. The van der Waals surface area contributed by atoms with E-state index in [0.717, 1.165) is 6.07 Å². The molecule has 0 aliphatic rings. The number of alkyl halides is 3. The molecule has 4 aromatic rings. The highest BCUT2D eigenvalue weighted by Gasteiger charge is 2.39. The van der Waals surface area contributed by atoms with E-state index < -0.39 is 34.3 Å². The first kappa shape index (κ1) is 21.6. The number of rotatable bonds is 2. The van der Waals surface area contributed by atoms with Gasteiger partial charge in [-0.05, 0) is 49.2 Å². The largest absolute Gasteiger partial charge is 0.450 e. The highest BCUT2D eigenvalue weighted by Crippen LogP contribution is 2.40. The fourth-order valence-corrected chi connectivity index (χ4v) is 3.38. The van der Waals surface area contributed by atoms with Gasteiger partial charge in [-0.15, -0.1) is 0 Å². The SMILES string of the molecule is CC(C)(C)C(=O)Oc1ccc2c(=O)c(-c3cccc4ccccc34)c(C(F)(F)F)oc2c1. The molecule has 0 saturated carbocycles. The standard InChI is InChI=1S/C25H19F3O4/c1-24(2,3)23(30)31-15-11-12-18-19(13-15)32-22(25(26,27)28)20(21(18)29)17-10-6-8-14-7-4-5-9-16(14)17/h4-13H,1-3H3. The molecular weight excluding hydrogens is 421 g/mol. The van der Waals surface area contributed by atoms with Crippen molar-refractivity contribution in [1.82, 2.24) is 0 Å². The van der Waals surface area contributed by atoms with Crippen LogP contribution >= 0.6 is 0 Å². The van der Waals surface area contributed by atoms with Crippen molar-refractivity contribution in [2.24, 2.45) is 5.41 Å². The van der Waals surface area contributed by atoms with Gasteiger partial charge in [-0.2, -0.15) is 13.2 Å². The van der Waals surface area contributed by atoms with Crippen molar-refractivity contribution in [3.05, 3.63) is 76.6 Å². The van der Waals surface area contributed by atoms with E-state index >= 15 is 0 Å². The molecule has 0 spiro atoms. The summed E-state index contributed by atoms with van der Waals surface area (Å²) < 4.78 is 52.4. The lowest BCUT2D eigenvalue weighted by atomic mass is 9.96. The summed E-state index contributed by atoms with van der Waals surface area (Å²) in [6, 6.07) is 15.5. The van der Waals surface area contributed by atoms with E-state index in [4.69, 9.17) is 9.15 Å². The maximum Gasteiger partial charge on any atom is 0.450 e. The van der Waals surface area contributed by atoms with Gasteiger partial charge in [0.05, 0.1) is 16.4 Å². The Morgan fingerprint density at radius 3 is 2.28 bits per heavy atom. The average molecular weight is 440 g/mol. The lowest BCUT2D eigenvalue weighted by Crippen LogP contribution is -2.25. The molecule has 4 rings (SSSR count). The van der Waals surface area contributed by atoms with Gasteiger partial charge in [-0.1, -0.05) is 42.5 Å². The molecular formula is C25H19F3O4. The third-order valence-electron chi connectivity index (χ3n) is 5.00. The predicted octanol–water partition coefficient (Wildman–Crippen LogP) is 6.58. The van der Waals surface area contributed by atoms with E-state index in [9.17, 15) is 22.8 Å². The van der Waals surface area contributed by atoms with Crippen LogP contribution in [0.3, 0.4) is 0 Å². The Bertz CT molecular complexity index is 1400. The van der Waals surface area contributed by atoms with Crippen LogP contribution in [0.4, 0.5) is 13.2 Å². The summed E-state index contributed by atoms with van der Waals surface area (Å²) in [5.74, 6) is -1.97. The zero-order chi connectivity index (χ0) is 23.3. The predicted molar refractivity (Wildman–Crippen MR) is 116 cm³/mol. The summed E-state index contributed by atoms with van der Waals surface area (Å²) in [5.41, 5.74) is -2.37. The van der Waals surface area contributed by atoms with E-state index in [2.05, 4.69) is 0 Å². The second-order valence-corrected chi connectivity index (χ2v) is 8.46. The van der Waals surface area contributed by atoms with Gasteiger partial charge in [0.25, 0.3) is 0 Å². The van der Waals surface area contributed by atoms with E-state index in [1.807, 2.05) is 0 Å². The van der Waals surface area contributed by atoms with Crippen LogP contribution in [0.25, 0.3) is 32.9 Å². The summed E-state index contributed by atoms with van der Waals surface area (Å²) >= 11 is 0. The Morgan fingerprint density at radius 2 is 1.59 bits per heavy atom. The molecule has 0 unspecified atom stereocenters. The van der Waals surface area contributed by atoms with Crippen LogP contribution in [-0.2, 0) is 11.0 Å². The number of carbonyl (C=O) groups excluding carboxylic acids is 1. The van der Waals surface area contributed by atoms with E-state index in [1.54, 1.807) is 57.2 Å². The van der Waals surface area contributed by atoms with Crippen LogP contribution in [-0.4, -0.2) is 5.97 Å².